The lowest BCUT2D eigenvalue weighted by atomic mass is 10.2. The maximum Gasteiger partial charge on any atom is 0.234 e. The van der Waals surface area contributed by atoms with Crippen LogP contribution in [-0.4, -0.2) is 19.1 Å². The van der Waals surface area contributed by atoms with Crippen LogP contribution in [0.5, 0.6) is 0 Å². The lowest BCUT2D eigenvalue weighted by molar-refractivity contribution is -0.120. The van der Waals surface area contributed by atoms with E-state index in [-0.39, 0.29) is 12.0 Å². The molecule has 0 radical (unpaired) electrons. The van der Waals surface area contributed by atoms with Gasteiger partial charge >= 0.3 is 0 Å². The standard InChI is InChI=1S/C17H19NO2/c1-14(20-2)13-17(19)18(15-9-5-3-6-10-15)16-11-7-4-8-12-16/h3-12,14H,13H2,1-2H3. The van der Waals surface area contributed by atoms with E-state index < -0.39 is 0 Å². The number of hydrogen-bond acceptors (Lipinski definition) is 2. The van der Waals surface area contributed by atoms with Crippen LogP contribution in [0.15, 0.2) is 60.7 Å². The fourth-order valence-corrected chi connectivity index (χ4v) is 2.01. The molecule has 0 heterocycles. The summed E-state index contributed by atoms with van der Waals surface area (Å²) in [6.07, 6.45) is 0.248. The van der Waals surface area contributed by atoms with Crippen LogP contribution in [0, 0.1) is 0 Å². The van der Waals surface area contributed by atoms with Gasteiger partial charge in [-0.2, -0.15) is 0 Å². The molecule has 1 atom stereocenters. The van der Waals surface area contributed by atoms with Gasteiger partial charge in [0.05, 0.1) is 12.5 Å². The Balaban J connectivity index is 2.33. The molecule has 104 valence electrons. The van der Waals surface area contributed by atoms with Crippen LogP contribution in [0.3, 0.4) is 0 Å². The second kappa shape index (κ2) is 6.87. The van der Waals surface area contributed by atoms with Gasteiger partial charge in [-0.15, -0.1) is 0 Å². The fourth-order valence-electron chi connectivity index (χ4n) is 2.01. The molecule has 3 heteroatoms. The minimum absolute atomic E-state index is 0.0248. The van der Waals surface area contributed by atoms with Crippen LogP contribution in [-0.2, 0) is 9.53 Å². The van der Waals surface area contributed by atoms with Crippen molar-refractivity contribution in [2.75, 3.05) is 12.0 Å². The first-order valence-corrected chi connectivity index (χ1v) is 6.68. The van der Waals surface area contributed by atoms with Crippen molar-refractivity contribution in [3.05, 3.63) is 60.7 Å². The van der Waals surface area contributed by atoms with E-state index in [9.17, 15) is 4.79 Å². The molecule has 0 bridgehead atoms. The lowest BCUT2D eigenvalue weighted by Gasteiger charge is -2.24. The van der Waals surface area contributed by atoms with Crippen LogP contribution in [0.4, 0.5) is 11.4 Å². The molecule has 0 fully saturated rings. The third-order valence-corrected chi connectivity index (χ3v) is 3.14. The van der Waals surface area contributed by atoms with E-state index in [4.69, 9.17) is 4.74 Å². The van der Waals surface area contributed by atoms with Crippen LogP contribution in [0.1, 0.15) is 13.3 Å². The Morgan fingerprint density at radius 3 is 1.85 bits per heavy atom. The molecule has 1 amide bonds. The monoisotopic (exact) mass is 269 g/mol. The number of para-hydroxylation sites is 2. The van der Waals surface area contributed by atoms with Crippen molar-refractivity contribution in [2.24, 2.45) is 0 Å². The number of hydrogen-bond donors (Lipinski definition) is 0. The predicted octanol–water partition coefficient (Wildman–Crippen LogP) is 3.78. The average molecular weight is 269 g/mol. The number of rotatable bonds is 5. The molecule has 0 saturated carbocycles. The summed E-state index contributed by atoms with van der Waals surface area (Å²) in [4.78, 5) is 14.3. The molecule has 2 aromatic rings. The average Bonchev–Trinajstić information content (AvgIpc) is 2.49. The van der Waals surface area contributed by atoms with E-state index in [2.05, 4.69) is 0 Å². The number of nitrogens with zero attached hydrogens (tertiary/aromatic N) is 1. The van der Waals surface area contributed by atoms with Crippen molar-refractivity contribution in [2.45, 2.75) is 19.4 Å². The first-order chi connectivity index (χ1) is 9.72. The number of methoxy groups -OCH3 is 1. The van der Waals surface area contributed by atoms with E-state index in [0.29, 0.717) is 6.42 Å². The zero-order chi connectivity index (χ0) is 14.4. The number of carbonyl (C=O) groups excluding carboxylic acids is 1. The summed E-state index contributed by atoms with van der Waals surface area (Å²) >= 11 is 0. The molecule has 1 unspecified atom stereocenters. The van der Waals surface area contributed by atoms with Crippen molar-refractivity contribution >= 4 is 17.3 Å². The molecule has 20 heavy (non-hydrogen) atoms. The number of ether oxygens (including phenoxy) is 1. The van der Waals surface area contributed by atoms with Gasteiger partial charge in [-0.3, -0.25) is 9.69 Å². The number of benzene rings is 2. The summed E-state index contributed by atoms with van der Waals surface area (Å²) in [6, 6.07) is 19.3. The third-order valence-electron chi connectivity index (χ3n) is 3.14. The van der Waals surface area contributed by atoms with Crippen LogP contribution < -0.4 is 4.90 Å². The zero-order valence-electron chi connectivity index (χ0n) is 11.8. The van der Waals surface area contributed by atoms with Gasteiger partial charge in [-0.25, -0.2) is 0 Å². The molecule has 0 aliphatic rings. The molecule has 0 spiro atoms. The molecule has 2 aromatic carbocycles. The summed E-state index contributed by atoms with van der Waals surface area (Å²) in [7, 11) is 1.62. The minimum Gasteiger partial charge on any atom is -0.381 e. The molecular formula is C17H19NO2. The van der Waals surface area contributed by atoms with Crippen molar-refractivity contribution in [1.29, 1.82) is 0 Å². The normalized spacial score (nSPS) is 11.9. The Labute approximate surface area is 119 Å². The van der Waals surface area contributed by atoms with Gasteiger partial charge in [-0.1, -0.05) is 36.4 Å². The number of carbonyl (C=O) groups is 1. The molecule has 0 aliphatic heterocycles. The lowest BCUT2D eigenvalue weighted by Crippen LogP contribution is -2.29. The van der Waals surface area contributed by atoms with Crippen molar-refractivity contribution in [3.63, 3.8) is 0 Å². The smallest absolute Gasteiger partial charge is 0.234 e. The molecule has 0 N–H and O–H groups in total. The third kappa shape index (κ3) is 3.45. The highest BCUT2D eigenvalue weighted by Gasteiger charge is 2.19. The van der Waals surface area contributed by atoms with Crippen molar-refractivity contribution in [3.8, 4) is 0 Å². The Morgan fingerprint density at radius 1 is 1.00 bits per heavy atom. The molecule has 0 saturated heterocycles. The summed E-state index contributed by atoms with van der Waals surface area (Å²) in [5, 5.41) is 0. The van der Waals surface area contributed by atoms with Crippen molar-refractivity contribution < 1.29 is 9.53 Å². The second-order valence-corrected chi connectivity index (χ2v) is 4.65. The summed E-state index contributed by atoms with van der Waals surface area (Å²) < 4.78 is 5.20. The first kappa shape index (κ1) is 14.3. The molecule has 0 aliphatic carbocycles. The number of anilines is 2. The first-order valence-electron chi connectivity index (χ1n) is 6.68. The highest BCUT2D eigenvalue weighted by Crippen LogP contribution is 2.26. The van der Waals surface area contributed by atoms with E-state index in [0.717, 1.165) is 11.4 Å². The highest BCUT2D eigenvalue weighted by molar-refractivity contribution is 6.00. The molecule has 3 nitrogen and oxygen atoms in total. The Kier molecular flexibility index (Phi) is 4.91. The van der Waals surface area contributed by atoms with Gasteiger partial charge < -0.3 is 4.74 Å². The molecule has 2 rings (SSSR count). The van der Waals surface area contributed by atoms with Crippen molar-refractivity contribution in [1.82, 2.24) is 0 Å². The van der Waals surface area contributed by atoms with Gasteiger partial charge in [0, 0.05) is 18.5 Å². The molecule has 0 aromatic heterocycles. The maximum absolute atomic E-state index is 12.6. The fraction of sp³-hybridized carbons (Fsp3) is 0.235. The predicted molar refractivity (Wildman–Crippen MR) is 81.1 cm³/mol. The summed E-state index contributed by atoms with van der Waals surface area (Å²) in [6.45, 7) is 1.89. The van der Waals surface area contributed by atoms with Crippen LogP contribution >= 0.6 is 0 Å². The summed E-state index contributed by atoms with van der Waals surface area (Å²) in [5.41, 5.74) is 1.74. The second-order valence-electron chi connectivity index (χ2n) is 4.65. The Bertz CT molecular complexity index is 500. The SMILES string of the molecule is COC(C)CC(=O)N(c1ccccc1)c1ccccc1. The zero-order valence-corrected chi connectivity index (χ0v) is 11.8. The van der Waals surface area contributed by atoms with Crippen LogP contribution in [0.25, 0.3) is 0 Å². The highest BCUT2D eigenvalue weighted by atomic mass is 16.5. The summed E-state index contributed by atoms with van der Waals surface area (Å²) in [5.74, 6) is 0.0248. The van der Waals surface area contributed by atoms with Crippen LogP contribution in [0.2, 0.25) is 0 Å². The van der Waals surface area contributed by atoms with E-state index >= 15 is 0 Å². The van der Waals surface area contributed by atoms with Gasteiger partial charge in [0.15, 0.2) is 0 Å². The van der Waals surface area contributed by atoms with E-state index in [1.807, 2.05) is 67.6 Å². The Hall–Kier alpha value is -2.13. The Morgan fingerprint density at radius 2 is 1.45 bits per heavy atom. The number of amides is 1. The molecular weight excluding hydrogens is 250 g/mol. The quantitative estimate of drug-likeness (QED) is 0.826. The largest absolute Gasteiger partial charge is 0.381 e. The topological polar surface area (TPSA) is 29.5 Å². The van der Waals surface area contributed by atoms with Gasteiger partial charge in [-0.05, 0) is 31.2 Å². The van der Waals surface area contributed by atoms with Gasteiger partial charge in [0.2, 0.25) is 5.91 Å². The minimum atomic E-state index is -0.0996. The maximum atomic E-state index is 12.6. The van der Waals surface area contributed by atoms with E-state index in [1.54, 1.807) is 12.0 Å². The van der Waals surface area contributed by atoms with Gasteiger partial charge in [0.25, 0.3) is 0 Å². The van der Waals surface area contributed by atoms with E-state index in [1.165, 1.54) is 0 Å². The van der Waals surface area contributed by atoms with Gasteiger partial charge in [0.1, 0.15) is 0 Å².